The number of nitriles is 1. The minimum Gasteiger partial charge on any atom is -0.497 e. The molecular formula is C26H28N4O2. The Balaban J connectivity index is 1.83. The van der Waals surface area contributed by atoms with Gasteiger partial charge in [0.15, 0.2) is 0 Å². The molecule has 0 aliphatic carbocycles. The van der Waals surface area contributed by atoms with Gasteiger partial charge in [-0.3, -0.25) is 9.36 Å². The third-order valence-electron chi connectivity index (χ3n) is 6.40. The molecule has 1 saturated heterocycles. The van der Waals surface area contributed by atoms with Crippen LogP contribution in [0.1, 0.15) is 47.1 Å². The summed E-state index contributed by atoms with van der Waals surface area (Å²) in [4.78, 5) is 20.2. The monoisotopic (exact) mass is 428 g/mol. The van der Waals surface area contributed by atoms with Gasteiger partial charge in [-0.05, 0) is 74.2 Å². The van der Waals surface area contributed by atoms with Crippen LogP contribution >= 0.6 is 0 Å². The first-order valence-electron chi connectivity index (χ1n) is 11.0. The van der Waals surface area contributed by atoms with Crippen molar-refractivity contribution < 1.29 is 9.53 Å². The maximum Gasteiger partial charge on any atom is 0.274 e. The number of imidazole rings is 1. The Labute approximate surface area is 189 Å². The summed E-state index contributed by atoms with van der Waals surface area (Å²) in [5.41, 5.74) is 4.57. The van der Waals surface area contributed by atoms with Crippen molar-refractivity contribution in [3.05, 3.63) is 65.0 Å². The summed E-state index contributed by atoms with van der Waals surface area (Å²) in [5.74, 6) is 2.00. The van der Waals surface area contributed by atoms with Crippen LogP contribution in [0.2, 0.25) is 0 Å². The number of aryl methyl sites for hydroxylation is 1. The molecule has 0 spiro atoms. The molecule has 1 fully saturated rings. The largest absolute Gasteiger partial charge is 0.497 e. The van der Waals surface area contributed by atoms with Crippen molar-refractivity contribution in [1.29, 1.82) is 5.26 Å². The van der Waals surface area contributed by atoms with E-state index in [9.17, 15) is 10.1 Å². The van der Waals surface area contributed by atoms with E-state index in [0.29, 0.717) is 23.0 Å². The van der Waals surface area contributed by atoms with Crippen molar-refractivity contribution in [1.82, 2.24) is 14.5 Å². The summed E-state index contributed by atoms with van der Waals surface area (Å²) in [6.45, 7) is 7.59. The summed E-state index contributed by atoms with van der Waals surface area (Å²) in [6.07, 6.45) is 2.13. The van der Waals surface area contributed by atoms with Crippen LogP contribution < -0.4 is 4.74 Å². The van der Waals surface area contributed by atoms with Gasteiger partial charge in [0.25, 0.3) is 5.91 Å². The van der Waals surface area contributed by atoms with Crippen LogP contribution in [0.25, 0.3) is 17.1 Å². The molecule has 1 aromatic heterocycles. The molecule has 4 rings (SSSR count). The molecule has 6 heteroatoms. The number of carbonyl (C=O) groups excluding carboxylic acids is 1. The first-order chi connectivity index (χ1) is 15.5. The molecule has 1 atom stereocenters. The van der Waals surface area contributed by atoms with E-state index >= 15 is 0 Å². The first-order valence-corrected chi connectivity index (χ1v) is 11.0. The van der Waals surface area contributed by atoms with E-state index in [1.807, 2.05) is 59.7 Å². The second-order valence-electron chi connectivity index (χ2n) is 8.36. The van der Waals surface area contributed by atoms with Crippen molar-refractivity contribution in [3.63, 3.8) is 0 Å². The maximum atomic E-state index is 13.4. The zero-order valence-corrected chi connectivity index (χ0v) is 19.1. The predicted molar refractivity (Wildman–Crippen MR) is 124 cm³/mol. The molecule has 164 valence electrons. The normalized spacial score (nSPS) is 15.6. The van der Waals surface area contributed by atoms with Crippen molar-refractivity contribution in [2.24, 2.45) is 5.92 Å². The topological polar surface area (TPSA) is 71.2 Å². The number of carbonyl (C=O) groups is 1. The van der Waals surface area contributed by atoms with Gasteiger partial charge in [-0.15, -0.1) is 0 Å². The van der Waals surface area contributed by atoms with Crippen molar-refractivity contribution >= 4 is 5.91 Å². The molecule has 0 radical (unpaired) electrons. The molecule has 6 nitrogen and oxygen atoms in total. The number of hydrogen-bond donors (Lipinski definition) is 0. The van der Waals surface area contributed by atoms with Gasteiger partial charge in [0.05, 0.1) is 24.4 Å². The average Bonchev–Trinajstić information content (AvgIpc) is 3.43. The summed E-state index contributed by atoms with van der Waals surface area (Å²) < 4.78 is 7.32. The number of likely N-dealkylation sites (tertiary alicyclic amines) is 1. The zero-order valence-electron chi connectivity index (χ0n) is 19.1. The van der Waals surface area contributed by atoms with Gasteiger partial charge in [-0.25, -0.2) is 4.98 Å². The smallest absolute Gasteiger partial charge is 0.274 e. The van der Waals surface area contributed by atoms with Gasteiger partial charge >= 0.3 is 0 Å². The van der Waals surface area contributed by atoms with Crippen LogP contribution in [-0.2, 0) is 0 Å². The number of rotatable bonds is 5. The number of amides is 1. The summed E-state index contributed by atoms with van der Waals surface area (Å²) in [6, 6.07) is 15.6. The SMILES string of the molecule is CCC1CCN(C(=O)c2nc(-c3ccc(C#N)c(C)c3)n(-c3ccc(OC)cc3)c2C)C1. The van der Waals surface area contributed by atoms with E-state index in [1.165, 1.54) is 0 Å². The highest BCUT2D eigenvalue weighted by Crippen LogP contribution is 2.30. The molecular weight excluding hydrogens is 400 g/mol. The first kappa shape index (κ1) is 21.6. The Morgan fingerprint density at radius 1 is 1.22 bits per heavy atom. The maximum absolute atomic E-state index is 13.4. The van der Waals surface area contributed by atoms with Gasteiger partial charge in [0.2, 0.25) is 0 Å². The fraction of sp³-hybridized carbons (Fsp3) is 0.346. The van der Waals surface area contributed by atoms with E-state index in [-0.39, 0.29) is 5.91 Å². The Morgan fingerprint density at radius 3 is 2.56 bits per heavy atom. The second kappa shape index (κ2) is 8.88. The highest BCUT2D eigenvalue weighted by molar-refractivity contribution is 5.94. The minimum absolute atomic E-state index is 0.0164. The van der Waals surface area contributed by atoms with E-state index in [0.717, 1.165) is 54.2 Å². The number of benzene rings is 2. The standard InChI is InChI=1S/C26H28N4O2/c1-5-19-12-13-29(16-19)26(31)24-18(3)30(22-8-10-23(32-4)11-9-22)25(28-24)20-6-7-21(15-27)17(2)14-20/h6-11,14,19H,5,12-13,16H2,1-4H3. The Morgan fingerprint density at radius 2 is 1.97 bits per heavy atom. The zero-order chi connectivity index (χ0) is 22.8. The summed E-state index contributed by atoms with van der Waals surface area (Å²) in [5, 5.41) is 9.31. The van der Waals surface area contributed by atoms with Crippen LogP contribution in [0.5, 0.6) is 5.75 Å². The van der Waals surface area contributed by atoms with Gasteiger partial charge in [-0.2, -0.15) is 5.26 Å². The molecule has 2 aromatic carbocycles. The number of methoxy groups -OCH3 is 1. The quantitative estimate of drug-likeness (QED) is 0.579. The third-order valence-corrected chi connectivity index (χ3v) is 6.40. The molecule has 0 N–H and O–H groups in total. The van der Waals surface area contributed by atoms with Crippen LogP contribution in [-0.4, -0.2) is 40.6 Å². The number of hydrogen-bond acceptors (Lipinski definition) is 4. The number of ether oxygens (including phenoxy) is 1. The van der Waals surface area contributed by atoms with Crippen LogP contribution in [0, 0.1) is 31.1 Å². The van der Waals surface area contributed by atoms with E-state index in [1.54, 1.807) is 13.2 Å². The lowest BCUT2D eigenvalue weighted by atomic mass is 10.1. The molecule has 3 aromatic rings. The lowest BCUT2D eigenvalue weighted by Crippen LogP contribution is -2.29. The summed E-state index contributed by atoms with van der Waals surface area (Å²) in [7, 11) is 1.64. The fourth-order valence-corrected chi connectivity index (χ4v) is 4.37. The van der Waals surface area contributed by atoms with Gasteiger partial charge < -0.3 is 9.64 Å². The van der Waals surface area contributed by atoms with Crippen LogP contribution in [0.3, 0.4) is 0 Å². The fourth-order valence-electron chi connectivity index (χ4n) is 4.37. The highest BCUT2D eigenvalue weighted by atomic mass is 16.5. The van der Waals surface area contributed by atoms with Crippen LogP contribution in [0.4, 0.5) is 0 Å². The molecule has 1 aliphatic heterocycles. The van der Waals surface area contributed by atoms with E-state index < -0.39 is 0 Å². The Bertz CT molecular complexity index is 1190. The third kappa shape index (κ3) is 3.87. The molecule has 1 unspecified atom stereocenters. The molecule has 1 amide bonds. The van der Waals surface area contributed by atoms with Gasteiger partial charge in [0.1, 0.15) is 17.3 Å². The van der Waals surface area contributed by atoms with Crippen molar-refractivity contribution in [2.45, 2.75) is 33.6 Å². The van der Waals surface area contributed by atoms with Gasteiger partial charge in [-0.1, -0.05) is 13.3 Å². The predicted octanol–water partition coefficient (Wildman–Crippen LogP) is 4.91. The number of aromatic nitrogens is 2. The lowest BCUT2D eigenvalue weighted by molar-refractivity contribution is 0.0781. The van der Waals surface area contributed by atoms with Crippen LogP contribution in [0.15, 0.2) is 42.5 Å². The van der Waals surface area contributed by atoms with E-state index in [4.69, 9.17) is 9.72 Å². The number of nitrogens with zero attached hydrogens (tertiary/aromatic N) is 4. The molecule has 0 saturated carbocycles. The van der Waals surface area contributed by atoms with E-state index in [2.05, 4.69) is 13.0 Å². The minimum atomic E-state index is -0.0164. The Hall–Kier alpha value is -3.59. The van der Waals surface area contributed by atoms with Gasteiger partial charge in [0, 0.05) is 24.3 Å². The molecule has 32 heavy (non-hydrogen) atoms. The highest BCUT2D eigenvalue weighted by Gasteiger charge is 2.30. The molecule has 1 aliphatic rings. The Kier molecular flexibility index (Phi) is 6.00. The second-order valence-corrected chi connectivity index (χ2v) is 8.36. The summed E-state index contributed by atoms with van der Waals surface area (Å²) >= 11 is 0. The average molecular weight is 429 g/mol. The molecule has 0 bridgehead atoms. The van der Waals surface area contributed by atoms with Crippen molar-refractivity contribution in [2.75, 3.05) is 20.2 Å². The lowest BCUT2D eigenvalue weighted by Gasteiger charge is -2.15. The molecule has 2 heterocycles. The van der Waals surface area contributed by atoms with Crippen molar-refractivity contribution in [3.8, 4) is 28.9 Å².